The van der Waals surface area contributed by atoms with Crippen LogP contribution in [0.25, 0.3) is 15.8 Å². The summed E-state index contributed by atoms with van der Waals surface area (Å²) in [4.78, 5) is 0.269. The third-order valence-corrected chi connectivity index (χ3v) is 8.68. The Bertz CT molecular complexity index is 1520. The van der Waals surface area contributed by atoms with Crippen molar-refractivity contribution in [1.82, 2.24) is 0 Å². The van der Waals surface area contributed by atoms with Gasteiger partial charge in [0.1, 0.15) is 10.0 Å². The number of sulfonamides is 2. The van der Waals surface area contributed by atoms with Gasteiger partial charge in [0.05, 0.1) is 9.79 Å². The SMILES string of the molecule is Cc1ccc([N-]S(=O)(=O)c2ccc3c(c2)Cc2cc(S(=O)(=O)Nc4ccc(C)cc4)ccc2-3)cc1. The maximum Gasteiger partial charge on any atom is 0.261 e. The Morgan fingerprint density at radius 3 is 1.77 bits per heavy atom. The molecule has 0 spiro atoms. The van der Waals surface area contributed by atoms with Gasteiger partial charge in [-0.1, -0.05) is 59.7 Å². The van der Waals surface area contributed by atoms with Gasteiger partial charge in [-0.25, -0.2) is 16.8 Å². The number of fused-ring (bicyclic) bond motifs is 3. The van der Waals surface area contributed by atoms with E-state index in [1.165, 1.54) is 0 Å². The predicted molar refractivity (Wildman–Crippen MR) is 138 cm³/mol. The van der Waals surface area contributed by atoms with Crippen LogP contribution in [0.3, 0.4) is 0 Å². The Morgan fingerprint density at radius 1 is 0.657 bits per heavy atom. The topological polar surface area (TPSA) is 94.4 Å². The smallest absolute Gasteiger partial charge is 0.261 e. The molecular formula is C27H23N2O4S2-. The largest absolute Gasteiger partial charge is 0.573 e. The summed E-state index contributed by atoms with van der Waals surface area (Å²) in [6, 6.07) is 24.0. The van der Waals surface area contributed by atoms with Crippen LogP contribution in [-0.4, -0.2) is 16.8 Å². The fraction of sp³-hybridized carbons (Fsp3) is 0.111. The third-order valence-electron chi connectivity index (χ3n) is 6.00. The average molecular weight is 504 g/mol. The van der Waals surface area contributed by atoms with Crippen LogP contribution in [0.5, 0.6) is 0 Å². The van der Waals surface area contributed by atoms with E-state index in [1.54, 1.807) is 60.7 Å². The molecule has 0 amide bonds. The monoisotopic (exact) mass is 503 g/mol. The number of nitrogens with zero attached hydrogens (tertiary/aromatic N) is 1. The van der Waals surface area contributed by atoms with Crippen LogP contribution < -0.4 is 4.72 Å². The van der Waals surface area contributed by atoms with Gasteiger partial charge >= 0.3 is 0 Å². The second-order valence-electron chi connectivity index (χ2n) is 8.69. The first kappa shape index (κ1) is 23.1. The van der Waals surface area contributed by atoms with Crippen molar-refractivity contribution >= 4 is 31.4 Å². The first-order valence-electron chi connectivity index (χ1n) is 11.0. The van der Waals surface area contributed by atoms with Gasteiger partial charge in [-0.15, -0.1) is 5.69 Å². The molecule has 1 N–H and O–H groups in total. The summed E-state index contributed by atoms with van der Waals surface area (Å²) < 4.78 is 58.2. The number of hydrogen-bond donors (Lipinski definition) is 1. The van der Waals surface area contributed by atoms with E-state index in [1.807, 2.05) is 38.1 Å². The number of hydrogen-bond acceptors (Lipinski definition) is 4. The van der Waals surface area contributed by atoms with Crippen LogP contribution in [0.15, 0.2) is 94.7 Å². The molecule has 0 bridgehead atoms. The van der Waals surface area contributed by atoms with E-state index < -0.39 is 20.0 Å². The van der Waals surface area contributed by atoms with E-state index >= 15 is 0 Å². The van der Waals surface area contributed by atoms with Crippen molar-refractivity contribution in [2.75, 3.05) is 4.72 Å². The molecule has 0 unspecified atom stereocenters. The maximum atomic E-state index is 12.9. The van der Waals surface area contributed by atoms with Gasteiger partial charge < -0.3 is 4.72 Å². The zero-order chi connectivity index (χ0) is 24.8. The molecule has 0 aromatic heterocycles. The maximum absolute atomic E-state index is 12.9. The highest BCUT2D eigenvalue weighted by atomic mass is 32.2. The summed E-state index contributed by atoms with van der Waals surface area (Å²) in [5, 5.41) is 0. The zero-order valence-corrected chi connectivity index (χ0v) is 20.8. The van der Waals surface area contributed by atoms with Crippen LogP contribution in [0.4, 0.5) is 11.4 Å². The molecule has 4 aromatic rings. The Morgan fingerprint density at radius 2 is 1.17 bits per heavy atom. The molecule has 0 fully saturated rings. The lowest BCUT2D eigenvalue weighted by atomic mass is 10.1. The van der Waals surface area contributed by atoms with E-state index in [2.05, 4.69) is 9.44 Å². The van der Waals surface area contributed by atoms with Crippen molar-refractivity contribution in [2.45, 2.75) is 30.1 Å². The van der Waals surface area contributed by atoms with Gasteiger partial charge in [-0.3, -0.25) is 4.72 Å². The number of aryl methyl sites for hydroxylation is 2. The molecule has 0 aliphatic heterocycles. The molecule has 178 valence electrons. The minimum atomic E-state index is -3.89. The molecule has 0 saturated carbocycles. The van der Waals surface area contributed by atoms with Crippen LogP contribution in [-0.2, 0) is 26.5 Å². The molecular weight excluding hydrogens is 480 g/mol. The second kappa shape index (κ2) is 8.55. The molecule has 0 radical (unpaired) electrons. The van der Waals surface area contributed by atoms with E-state index in [0.29, 0.717) is 17.8 Å². The first-order chi connectivity index (χ1) is 16.6. The van der Waals surface area contributed by atoms with Crippen molar-refractivity contribution in [1.29, 1.82) is 0 Å². The van der Waals surface area contributed by atoms with Gasteiger partial charge in [-0.2, -0.15) is 0 Å². The molecule has 4 aromatic carbocycles. The Kier molecular flexibility index (Phi) is 5.65. The lowest BCUT2D eigenvalue weighted by Gasteiger charge is -2.22. The Labute approximate surface area is 205 Å². The molecule has 1 aliphatic carbocycles. The fourth-order valence-corrected chi connectivity index (χ4v) is 6.27. The number of benzene rings is 4. The summed E-state index contributed by atoms with van der Waals surface area (Å²) in [7, 11) is -7.65. The van der Waals surface area contributed by atoms with Crippen molar-refractivity contribution in [3.63, 3.8) is 0 Å². The molecule has 0 atom stereocenters. The minimum absolute atomic E-state index is 0.110. The van der Waals surface area contributed by atoms with Gasteiger partial charge in [-0.05, 0) is 78.9 Å². The van der Waals surface area contributed by atoms with E-state index in [-0.39, 0.29) is 9.79 Å². The summed E-state index contributed by atoms with van der Waals surface area (Å²) in [6.45, 7) is 3.86. The molecule has 6 nitrogen and oxygen atoms in total. The van der Waals surface area contributed by atoms with E-state index in [9.17, 15) is 16.8 Å². The first-order valence-corrected chi connectivity index (χ1v) is 13.9. The molecule has 0 heterocycles. The average Bonchev–Trinajstić information content (AvgIpc) is 3.19. The number of anilines is 1. The molecule has 1 aliphatic rings. The van der Waals surface area contributed by atoms with Gasteiger partial charge in [0, 0.05) is 5.69 Å². The van der Waals surface area contributed by atoms with E-state index in [0.717, 1.165) is 33.4 Å². The van der Waals surface area contributed by atoms with Crippen LogP contribution in [0.2, 0.25) is 0 Å². The van der Waals surface area contributed by atoms with Crippen molar-refractivity contribution in [3.05, 3.63) is 112 Å². The van der Waals surface area contributed by atoms with Gasteiger partial charge in [0.2, 0.25) is 0 Å². The van der Waals surface area contributed by atoms with Crippen molar-refractivity contribution in [2.24, 2.45) is 0 Å². The molecule has 35 heavy (non-hydrogen) atoms. The quantitative estimate of drug-likeness (QED) is 0.304. The highest BCUT2D eigenvalue weighted by Crippen LogP contribution is 2.40. The van der Waals surface area contributed by atoms with Gasteiger partial charge in [0.25, 0.3) is 10.0 Å². The Hall–Kier alpha value is -3.62. The Balaban J connectivity index is 1.40. The molecule has 5 rings (SSSR count). The second-order valence-corrected chi connectivity index (χ2v) is 12.0. The van der Waals surface area contributed by atoms with Crippen LogP contribution in [0.1, 0.15) is 22.3 Å². The summed E-state index contributed by atoms with van der Waals surface area (Å²) >= 11 is 0. The predicted octanol–water partition coefficient (Wildman–Crippen LogP) is 6.07. The normalized spacial score (nSPS) is 12.6. The highest BCUT2D eigenvalue weighted by Gasteiger charge is 2.23. The van der Waals surface area contributed by atoms with Gasteiger partial charge in [0.15, 0.2) is 0 Å². The molecule has 0 saturated heterocycles. The highest BCUT2D eigenvalue weighted by molar-refractivity contribution is 7.94. The third kappa shape index (κ3) is 4.67. The fourth-order valence-electron chi connectivity index (χ4n) is 4.12. The van der Waals surface area contributed by atoms with E-state index in [4.69, 9.17) is 0 Å². The summed E-state index contributed by atoms with van der Waals surface area (Å²) in [5.41, 5.74) is 6.36. The lowest BCUT2D eigenvalue weighted by Crippen LogP contribution is -2.13. The standard InChI is InChI=1S/C27H23N2O4S2/c1-18-3-7-22(8-4-18)28-34(30,31)24-11-13-26-20(16-24)15-21-17-25(12-14-27(21)26)35(32,33)29-23-9-5-19(2)6-10-23/h3-14,16-17,28H,15H2,1-2H3/q-1. The summed E-state index contributed by atoms with van der Waals surface area (Å²) in [5.74, 6) is 0. The number of rotatable bonds is 6. The lowest BCUT2D eigenvalue weighted by molar-refractivity contribution is 0.600. The van der Waals surface area contributed by atoms with Crippen LogP contribution >= 0.6 is 0 Å². The summed E-state index contributed by atoms with van der Waals surface area (Å²) in [6.07, 6.45) is 0.437. The zero-order valence-electron chi connectivity index (χ0n) is 19.2. The van der Waals surface area contributed by atoms with Crippen molar-refractivity contribution < 1.29 is 16.8 Å². The van der Waals surface area contributed by atoms with Crippen molar-refractivity contribution in [3.8, 4) is 11.1 Å². The molecule has 8 heteroatoms. The minimum Gasteiger partial charge on any atom is -0.573 e. The number of nitrogens with one attached hydrogen (secondary N) is 1. The van der Waals surface area contributed by atoms with Crippen LogP contribution in [0, 0.1) is 13.8 Å².